The lowest BCUT2D eigenvalue weighted by Gasteiger charge is -1.94. The molecule has 0 saturated carbocycles. The second kappa shape index (κ2) is 4.28. The Bertz CT molecular complexity index is 257. The van der Waals surface area contributed by atoms with Crippen LogP contribution in [0, 0.1) is 0 Å². The molecule has 0 radical (unpaired) electrons. The van der Waals surface area contributed by atoms with Crippen LogP contribution in [0.2, 0.25) is 0 Å². The summed E-state index contributed by atoms with van der Waals surface area (Å²) in [6.45, 7) is 0. The van der Waals surface area contributed by atoms with Crippen molar-refractivity contribution in [3.05, 3.63) is 20.8 Å². The minimum Gasteiger partial charge on any atom is -0.293 e. The van der Waals surface area contributed by atoms with Gasteiger partial charge in [-0.05, 0) is 22.2 Å². The van der Waals surface area contributed by atoms with Crippen LogP contribution in [0.25, 0.3) is 0 Å². The smallest absolute Gasteiger partial charge is 0.174 e. The zero-order valence-corrected chi connectivity index (χ0v) is 9.18. The molecule has 1 aromatic rings. The molecule has 4 heteroatoms. The van der Waals surface area contributed by atoms with Crippen molar-refractivity contribution < 1.29 is 4.79 Å². The van der Waals surface area contributed by atoms with Gasteiger partial charge in [0, 0.05) is 20.8 Å². The predicted octanol–water partition coefficient (Wildman–Crippen LogP) is 3.06. The highest BCUT2D eigenvalue weighted by atomic mass is 79.9. The molecular formula is C7H7BrOS2. The van der Waals surface area contributed by atoms with E-state index in [9.17, 15) is 4.79 Å². The zero-order valence-electron chi connectivity index (χ0n) is 5.96. The molecule has 0 amide bonds. The van der Waals surface area contributed by atoms with Gasteiger partial charge in [-0.15, -0.1) is 0 Å². The molecule has 0 aliphatic heterocycles. The fourth-order valence-electron chi connectivity index (χ4n) is 0.689. The molecule has 0 saturated heterocycles. The zero-order chi connectivity index (χ0) is 8.27. The van der Waals surface area contributed by atoms with Crippen molar-refractivity contribution in [2.24, 2.45) is 0 Å². The van der Waals surface area contributed by atoms with E-state index in [0.717, 1.165) is 10.0 Å². The summed E-state index contributed by atoms with van der Waals surface area (Å²) in [6, 6.07) is 0. The molecule has 0 spiro atoms. The molecule has 0 atom stereocenters. The summed E-state index contributed by atoms with van der Waals surface area (Å²) >= 11 is 6.41. The van der Waals surface area contributed by atoms with Gasteiger partial charge < -0.3 is 0 Å². The fraction of sp³-hybridized carbons (Fsp3) is 0.286. The highest BCUT2D eigenvalue weighted by Gasteiger charge is 2.08. The number of carbonyl (C=O) groups is 1. The summed E-state index contributed by atoms with van der Waals surface area (Å²) in [5, 5.41) is 3.80. The number of hydrogen-bond donors (Lipinski definition) is 0. The minimum atomic E-state index is 0.200. The number of carbonyl (C=O) groups excluding carboxylic acids is 1. The molecule has 11 heavy (non-hydrogen) atoms. The molecule has 0 N–H and O–H groups in total. The molecule has 0 bridgehead atoms. The van der Waals surface area contributed by atoms with Crippen LogP contribution in [0.3, 0.4) is 0 Å². The van der Waals surface area contributed by atoms with E-state index in [2.05, 4.69) is 15.9 Å². The van der Waals surface area contributed by atoms with E-state index in [4.69, 9.17) is 0 Å². The van der Waals surface area contributed by atoms with E-state index in [1.165, 1.54) is 0 Å². The van der Waals surface area contributed by atoms with E-state index >= 15 is 0 Å². The average molecular weight is 251 g/mol. The van der Waals surface area contributed by atoms with Crippen LogP contribution >= 0.6 is 39.0 Å². The van der Waals surface area contributed by atoms with Crippen LogP contribution in [0.5, 0.6) is 0 Å². The monoisotopic (exact) mass is 250 g/mol. The van der Waals surface area contributed by atoms with E-state index in [-0.39, 0.29) is 5.78 Å². The Kier molecular flexibility index (Phi) is 3.62. The highest BCUT2D eigenvalue weighted by Crippen LogP contribution is 2.22. The maximum Gasteiger partial charge on any atom is 0.174 e. The van der Waals surface area contributed by atoms with Crippen LogP contribution in [0.4, 0.5) is 0 Å². The van der Waals surface area contributed by atoms with Crippen molar-refractivity contribution in [2.75, 3.05) is 12.0 Å². The lowest BCUT2D eigenvalue weighted by molar-refractivity contribution is 0.102. The first-order chi connectivity index (χ1) is 5.25. The van der Waals surface area contributed by atoms with Gasteiger partial charge >= 0.3 is 0 Å². The van der Waals surface area contributed by atoms with Crippen molar-refractivity contribution in [3.63, 3.8) is 0 Å². The molecule has 1 nitrogen and oxygen atoms in total. The van der Waals surface area contributed by atoms with E-state index in [1.54, 1.807) is 23.1 Å². The Labute approximate surface area is 82.3 Å². The maximum absolute atomic E-state index is 11.3. The summed E-state index contributed by atoms with van der Waals surface area (Å²) in [4.78, 5) is 11.3. The van der Waals surface area contributed by atoms with Gasteiger partial charge in [0.1, 0.15) is 0 Å². The first-order valence-corrected chi connectivity index (χ1v) is 6.12. The second-order valence-corrected chi connectivity index (χ2v) is 4.45. The number of ketones is 1. The second-order valence-electron chi connectivity index (χ2n) is 1.99. The third-order valence-electron chi connectivity index (χ3n) is 1.19. The maximum atomic E-state index is 11.3. The number of rotatable bonds is 3. The lowest BCUT2D eigenvalue weighted by atomic mass is 10.2. The first-order valence-electron chi connectivity index (χ1n) is 2.99. The van der Waals surface area contributed by atoms with Crippen LogP contribution in [-0.4, -0.2) is 17.8 Å². The van der Waals surface area contributed by atoms with Crippen molar-refractivity contribution >= 4 is 44.8 Å². The summed E-state index contributed by atoms with van der Waals surface area (Å²) in [5.41, 5.74) is 0.810. The molecule has 60 valence electrons. The third kappa shape index (κ3) is 2.32. The van der Waals surface area contributed by atoms with Crippen LogP contribution in [0.15, 0.2) is 15.2 Å². The Morgan fingerprint density at radius 1 is 1.73 bits per heavy atom. The van der Waals surface area contributed by atoms with Crippen LogP contribution < -0.4 is 0 Å². The van der Waals surface area contributed by atoms with Gasteiger partial charge in [-0.25, -0.2) is 0 Å². The number of Topliss-reactive ketones (excluding diaryl/α,β-unsaturated/α-hetero) is 1. The average Bonchev–Trinajstić information content (AvgIpc) is 2.36. The van der Waals surface area contributed by atoms with E-state index in [1.807, 2.05) is 17.0 Å². The van der Waals surface area contributed by atoms with Crippen molar-refractivity contribution in [2.45, 2.75) is 0 Å². The Morgan fingerprint density at radius 2 is 2.45 bits per heavy atom. The normalized spacial score (nSPS) is 10.0. The van der Waals surface area contributed by atoms with Gasteiger partial charge in [-0.3, -0.25) is 4.79 Å². The number of thioether (sulfide) groups is 1. The Balaban J connectivity index is 2.76. The van der Waals surface area contributed by atoms with Gasteiger partial charge in [0.25, 0.3) is 0 Å². The largest absolute Gasteiger partial charge is 0.293 e. The molecule has 1 aromatic heterocycles. The SMILES string of the molecule is CSCC(=O)c1cscc1Br. The molecule has 0 aliphatic carbocycles. The molecule has 0 aromatic carbocycles. The summed E-state index contributed by atoms with van der Waals surface area (Å²) in [7, 11) is 0. The third-order valence-corrected chi connectivity index (χ3v) is 3.44. The van der Waals surface area contributed by atoms with Crippen LogP contribution in [-0.2, 0) is 0 Å². The molecular weight excluding hydrogens is 244 g/mol. The first kappa shape index (κ1) is 9.29. The van der Waals surface area contributed by atoms with E-state index in [0.29, 0.717) is 5.75 Å². The molecule has 1 heterocycles. The van der Waals surface area contributed by atoms with E-state index < -0.39 is 0 Å². The topological polar surface area (TPSA) is 17.1 Å². The summed E-state index contributed by atoms with van der Waals surface area (Å²) in [5.74, 6) is 0.764. The number of hydrogen-bond acceptors (Lipinski definition) is 3. The van der Waals surface area contributed by atoms with Gasteiger partial charge in [0.2, 0.25) is 0 Å². The lowest BCUT2D eigenvalue weighted by Crippen LogP contribution is -2.00. The predicted molar refractivity (Wildman–Crippen MR) is 54.7 cm³/mol. The van der Waals surface area contributed by atoms with Gasteiger partial charge in [-0.1, -0.05) is 0 Å². The number of halogens is 1. The summed E-state index contributed by atoms with van der Waals surface area (Å²) in [6.07, 6.45) is 1.93. The quantitative estimate of drug-likeness (QED) is 0.768. The Hall–Kier alpha value is 0.200. The number of thiophene rings is 1. The Morgan fingerprint density at radius 3 is 2.91 bits per heavy atom. The van der Waals surface area contributed by atoms with Crippen molar-refractivity contribution in [1.29, 1.82) is 0 Å². The van der Waals surface area contributed by atoms with Crippen LogP contribution in [0.1, 0.15) is 10.4 Å². The standard InChI is InChI=1S/C7H7BrOS2/c1-10-4-7(9)5-2-11-3-6(5)8/h2-3H,4H2,1H3. The fourth-order valence-corrected chi connectivity index (χ4v) is 2.63. The van der Waals surface area contributed by atoms with Gasteiger partial charge in [-0.2, -0.15) is 23.1 Å². The molecule has 0 fully saturated rings. The van der Waals surface area contributed by atoms with Gasteiger partial charge in [0.05, 0.1) is 5.75 Å². The van der Waals surface area contributed by atoms with Crippen molar-refractivity contribution in [3.8, 4) is 0 Å². The molecule has 0 unspecified atom stereocenters. The van der Waals surface area contributed by atoms with Gasteiger partial charge in [0.15, 0.2) is 5.78 Å². The van der Waals surface area contributed by atoms with Crippen molar-refractivity contribution in [1.82, 2.24) is 0 Å². The molecule has 1 rings (SSSR count). The highest BCUT2D eigenvalue weighted by molar-refractivity contribution is 9.10. The molecule has 0 aliphatic rings. The summed E-state index contributed by atoms with van der Waals surface area (Å²) < 4.78 is 0.918. The minimum absolute atomic E-state index is 0.200.